The van der Waals surface area contributed by atoms with Crippen LogP contribution in [-0.2, 0) is 0 Å². The second-order valence-electron chi connectivity index (χ2n) is 4.43. The predicted molar refractivity (Wildman–Crippen MR) is 73.7 cm³/mol. The second kappa shape index (κ2) is 5.10. The number of likely N-dealkylation sites (N-methyl/N-ethyl adjacent to an activating group) is 1. The first-order chi connectivity index (χ1) is 8.17. The van der Waals surface area contributed by atoms with E-state index in [9.17, 15) is 0 Å². The van der Waals surface area contributed by atoms with Crippen LogP contribution in [0.5, 0.6) is 0 Å². The number of hydrogen-bond acceptors (Lipinski definition) is 4. The van der Waals surface area contributed by atoms with E-state index in [2.05, 4.69) is 42.1 Å². The maximum Gasteiger partial charge on any atom is 0.127 e. The lowest BCUT2D eigenvalue weighted by molar-refractivity contribution is 0.468. The second-order valence-corrected chi connectivity index (χ2v) is 5.66. The quantitative estimate of drug-likeness (QED) is 0.904. The van der Waals surface area contributed by atoms with Crippen molar-refractivity contribution in [3.05, 3.63) is 23.0 Å². The van der Waals surface area contributed by atoms with E-state index in [1.807, 2.05) is 7.05 Å². The van der Waals surface area contributed by atoms with Crippen molar-refractivity contribution in [1.29, 1.82) is 0 Å². The van der Waals surface area contributed by atoms with Gasteiger partial charge in [-0.15, -0.1) is 11.3 Å². The number of aromatic nitrogens is 2. The number of nitrogens with one attached hydrogen (secondary N) is 1. The minimum absolute atomic E-state index is 0.407. The van der Waals surface area contributed by atoms with Crippen LogP contribution in [0.25, 0.3) is 10.2 Å². The first kappa shape index (κ1) is 12.5. The highest BCUT2D eigenvalue weighted by molar-refractivity contribution is 7.18. The topological polar surface area (TPSA) is 37.8 Å². The summed E-state index contributed by atoms with van der Waals surface area (Å²) in [6.45, 7) is 6.56. The molecule has 2 rings (SSSR count). The molecule has 0 spiro atoms. The molecule has 0 fully saturated rings. The zero-order valence-electron chi connectivity index (χ0n) is 10.8. The molecule has 2 aromatic rings. The highest BCUT2D eigenvalue weighted by Gasteiger charge is 2.20. The molecule has 0 saturated carbocycles. The normalized spacial score (nSPS) is 15.1. The van der Waals surface area contributed by atoms with E-state index in [4.69, 9.17) is 0 Å². The van der Waals surface area contributed by atoms with Crippen LogP contribution in [0.1, 0.15) is 36.8 Å². The smallest absolute Gasteiger partial charge is 0.127 e. The number of rotatable bonds is 4. The van der Waals surface area contributed by atoms with Gasteiger partial charge in [0.2, 0.25) is 0 Å². The van der Waals surface area contributed by atoms with Gasteiger partial charge in [0.1, 0.15) is 11.2 Å². The zero-order valence-corrected chi connectivity index (χ0v) is 11.6. The Bertz CT molecular complexity index is 502. The van der Waals surface area contributed by atoms with Crippen LogP contribution < -0.4 is 5.32 Å². The minimum Gasteiger partial charge on any atom is -0.316 e. The van der Waals surface area contributed by atoms with Crippen LogP contribution in [0, 0.1) is 6.92 Å². The molecule has 1 N–H and O–H groups in total. The summed E-state index contributed by atoms with van der Waals surface area (Å²) >= 11 is 1.74. The van der Waals surface area contributed by atoms with Gasteiger partial charge in [-0.05, 0) is 26.5 Å². The molecule has 0 aromatic carbocycles. The summed E-state index contributed by atoms with van der Waals surface area (Å²) in [6, 6.07) is 2.67. The molecule has 0 radical (unpaired) electrons. The van der Waals surface area contributed by atoms with E-state index in [-0.39, 0.29) is 0 Å². The Labute approximate surface area is 106 Å². The lowest BCUT2D eigenvalue weighted by atomic mass is 9.94. The molecule has 2 atom stereocenters. The fourth-order valence-corrected chi connectivity index (χ4v) is 3.21. The zero-order chi connectivity index (χ0) is 12.4. The average Bonchev–Trinajstić information content (AvgIpc) is 2.70. The molecule has 17 heavy (non-hydrogen) atoms. The molecule has 2 unspecified atom stereocenters. The first-order valence-corrected chi connectivity index (χ1v) is 6.87. The average molecular weight is 249 g/mol. The molecule has 0 bridgehead atoms. The largest absolute Gasteiger partial charge is 0.316 e. The third-order valence-electron chi connectivity index (χ3n) is 3.33. The van der Waals surface area contributed by atoms with Gasteiger partial charge in [0.05, 0.1) is 5.69 Å². The van der Waals surface area contributed by atoms with Crippen molar-refractivity contribution in [2.45, 2.75) is 39.2 Å². The Morgan fingerprint density at radius 2 is 2.18 bits per heavy atom. The van der Waals surface area contributed by atoms with Gasteiger partial charge in [-0.1, -0.05) is 13.8 Å². The van der Waals surface area contributed by atoms with Gasteiger partial charge in [-0.3, -0.25) is 0 Å². The molecule has 0 aliphatic rings. The van der Waals surface area contributed by atoms with Crippen LogP contribution in [-0.4, -0.2) is 23.1 Å². The van der Waals surface area contributed by atoms with Crippen molar-refractivity contribution < 1.29 is 0 Å². The maximum atomic E-state index is 4.49. The molecule has 2 aromatic heterocycles. The fourth-order valence-electron chi connectivity index (χ4n) is 2.36. The molecular formula is C13H19N3S. The number of thiophene rings is 1. The summed E-state index contributed by atoms with van der Waals surface area (Å²) in [7, 11) is 2.02. The minimum atomic E-state index is 0.407. The Kier molecular flexibility index (Phi) is 3.74. The maximum absolute atomic E-state index is 4.49. The van der Waals surface area contributed by atoms with Crippen molar-refractivity contribution in [2.75, 3.05) is 7.05 Å². The molecule has 0 saturated heterocycles. The van der Waals surface area contributed by atoms with Gasteiger partial charge in [0.15, 0.2) is 0 Å². The third-order valence-corrected chi connectivity index (χ3v) is 4.29. The number of fused-ring (bicyclic) bond motifs is 1. The van der Waals surface area contributed by atoms with Crippen molar-refractivity contribution >= 4 is 21.6 Å². The Hall–Kier alpha value is -1.00. The van der Waals surface area contributed by atoms with Gasteiger partial charge in [0.25, 0.3) is 0 Å². The number of nitrogens with zero attached hydrogens (tertiary/aromatic N) is 2. The molecule has 2 heterocycles. The third kappa shape index (κ3) is 2.33. The lowest BCUT2D eigenvalue weighted by Crippen LogP contribution is -2.30. The standard InChI is InChI=1S/C13H19N3S/c1-5-11(14-4)9(3)12-10-6-8(2)17-13(10)16-7-15-12/h6-7,9,11,14H,5H2,1-4H3. The van der Waals surface area contributed by atoms with Gasteiger partial charge in [-0.25, -0.2) is 9.97 Å². The van der Waals surface area contributed by atoms with Crippen molar-refractivity contribution in [2.24, 2.45) is 0 Å². The summed E-state index contributed by atoms with van der Waals surface area (Å²) < 4.78 is 0. The molecule has 0 aliphatic heterocycles. The SMILES string of the molecule is CCC(NC)C(C)c1ncnc2sc(C)cc12. The summed E-state index contributed by atoms with van der Waals surface area (Å²) in [4.78, 5) is 11.2. The highest BCUT2D eigenvalue weighted by Crippen LogP contribution is 2.30. The predicted octanol–water partition coefficient (Wildman–Crippen LogP) is 3.10. The van der Waals surface area contributed by atoms with Gasteiger partial charge >= 0.3 is 0 Å². The summed E-state index contributed by atoms with van der Waals surface area (Å²) in [6.07, 6.45) is 2.79. The van der Waals surface area contributed by atoms with Gasteiger partial charge in [0, 0.05) is 22.2 Å². The monoisotopic (exact) mass is 249 g/mol. The summed E-state index contributed by atoms with van der Waals surface area (Å²) in [5, 5.41) is 4.58. The van der Waals surface area contributed by atoms with E-state index in [0.29, 0.717) is 12.0 Å². The van der Waals surface area contributed by atoms with E-state index in [0.717, 1.165) is 11.3 Å². The van der Waals surface area contributed by atoms with Crippen LogP contribution >= 0.6 is 11.3 Å². The van der Waals surface area contributed by atoms with Crippen molar-refractivity contribution in [1.82, 2.24) is 15.3 Å². The first-order valence-electron chi connectivity index (χ1n) is 6.05. The lowest BCUT2D eigenvalue weighted by Gasteiger charge is -2.22. The summed E-state index contributed by atoms with van der Waals surface area (Å²) in [5.74, 6) is 0.407. The van der Waals surface area contributed by atoms with Crippen LogP contribution in [0.4, 0.5) is 0 Å². The molecule has 3 nitrogen and oxygen atoms in total. The van der Waals surface area contributed by atoms with Crippen molar-refractivity contribution in [3.8, 4) is 0 Å². The van der Waals surface area contributed by atoms with Crippen LogP contribution in [0.15, 0.2) is 12.4 Å². The molecule has 92 valence electrons. The Morgan fingerprint density at radius 3 is 2.82 bits per heavy atom. The number of aryl methyl sites for hydroxylation is 1. The van der Waals surface area contributed by atoms with E-state index in [1.54, 1.807) is 17.7 Å². The van der Waals surface area contributed by atoms with Crippen molar-refractivity contribution in [3.63, 3.8) is 0 Å². The molecular weight excluding hydrogens is 230 g/mol. The Morgan fingerprint density at radius 1 is 1.41 bits per heavy atom. The molecule has 4 heteroatoms. The van der Waals surface area contributed by atoms with Crippen LogP contribution in [0.2, 0.25) is 0 Å². The van der Waals surface area contributed by atoms with Gasteiger partial charge < -0.3 is 5.32 Å². The molecule has 0 amide bonds. The van der Waals surface area contributed by atoms with E-state index < -0.39 is 0 Å². The Balaban J connectivity index is 2.47. The number of hydrogen-bond donors (Lipinski definition) is 1. The van der Waals surface area contributed by atoms with E-state index >= 15 is 0 Å². The highest BCUT2D eigenvalue weighted by atomic mass is 32.1. The fraction of sp³-hybridized carbons (Fsp3) is 0.538. The van der Waals surface area contributed by atoms with Gasteiger partial charge in [-0.2, -0.15) is 0 Å². The van der Waals surface area contributed by atoms with Crippen LogP contribution in [0.3, 0.4) is 0 Å². The van der Waals surface area contributed by atoms with E-state index in [1.165, 1.54) is 16.0 Å². The summed E-state index contributed by atoms with van der Waals surface area (Å²) in [5.41, 5.74) is 1.17. The molecule has 0 aliphatic carbocycles.